The molecule has 32 heavy (non-hydrogen) atoms. The van der Waals surface area contributed by atoms with E-state index in [1.165, 1.54) is 0 Å². The predicted octanol–water partition coefficient (Wildman–Crippen LogP) is 3.59. The SMILES string of the molecule is COc1ccc(N2CCC(O)(CN3CCC(O)(COc4cccc(Cl)c4)CC3)CC2)cc1. The second-order valence-corrected chi connectivity index (χ2v) is 9.59. The number of anilines is 1. The molecule has 4 rings (SSSR count). The van der Waals surface area contributed by atoms with Crippen molar-refractivity contribution < 1.29 is 19.7 Å². The number of methoxy groups -OCH3 is 1. The number of nitrogens with zero attached hydrogens (tertiary/aromatic N) is 2. The van der Waals surface area contributed by atoms with Crippen LogP contribution in [0.2, 0.25) is 5.02 Å². The largest absolute Gasteiger partial charge is 0.497 e. The van der Waals surface area contributed by atoms with E-state index in [2.05, 4.69) is 21.9 Å². The van der Waals surface area contributed by atoms with Gasteiger partial charge >= 0.3 is 0 Å². The van der Waals surface area contributed by atoms with Gasteiger partial charge in [-0.1, -0.05) is 17.7 Å². The second-order valence-electron chi connectivity index (χ2n) is 9.16. The van der Waals surface area contributed by atoms with Gasteiger partial charge in [-0.2, -0.15) is 0 Å². The molecule has 2 N–H and O–H groups in total. The molecule has 0 aromatic heterocycles. The number of hydrogen-bond donors (Lipinski definition) is 2. The Morgan fingerprint density at radius 3 is 2.16 bits per heavy atom. The van der Waals surface area contributed by atoms with E-state index in [-0.39, 0.29) is 6.61 Å². The molecule has 2 fully saturated rings. The number of hydrogen-bond acceptors (Lipinski definition) is 6. The van der Waals surface area contributed by atoms with E-state index in [0.29, 0.717) is 30.2 Å². The molecule has 0 atom stereocenters. The summed E-state index contributed by atoms with van der Waals surface area (Å²) >= 11 is 6.00. The minimum atomic E-state index is -0.848. The Morgan fingerprint density at radius 1 is 0.875 bits per heavy atom. The molecule has 2 aliphatic rings. The number of aliphatic hydroxyl groups is 2. The first-order valence-electron chi connectivity index (χ1n) is 11.3. The number of benzene rings is 2. The van der Waals surface area contributed by atoms with E-state index in [4.69, 9.17) is 21.1 Å². The van der Waals surface area contributed by atoms with Crippen molar-refractivity contribution in [3.8, 4) is 11.5 Å². The molecule has 7 heteroatoms. The van der Waals surface area contributed by atoms with Crippen LogP contribution in [0.25, 0.3) is 0 Å². The van der Waals surface area contributed by atoms with Gasteiger partial charge < -0.3 is 29.5 Å². The van der Waals surface area contributed by atoms with Crippen molar-refractivity contribution in [2.45, 2.75) is 36.9 Å². The van der Waals surface area contributed by atoms with Crippen LogP contribution in [0.5, 0.6) is 11.5 Å². The number of halogens is 1. The molecule has 2 aromatic rings. The maximum Gasteiger partial charge on any atom is 0.120 e. The monoisotopic (exact) mass is 460 g/mol. The van der Waals surface area contributed by atoms with Gasteiger partial charge in [0.25, 0.3) is 0 Å². The second kappa shape index (κ2) is 9.87. The van der Waals surface area contributed by atoms with E-state index in [1.54, 1.807) is 19.2 Å². The first kappa shape index (κ1) is 23.2. The highest BCUT2D eigenvalue weighted by atomic mass is 35.5. The third-order valence-corrected chi connectivity index (χ3v) is 6.98. The van der Waals surface area contributed by atoms with Gasteiger partial charge in [0.15, 0.2) is 0 Å². The van der Waals surface area contributed by atoms with E-state index in [0.717, 1.165) is 50.5 Å². The average Bonchev–Trinajstić information content (AvgIpc) is 2.80. The number of ether oxygens (including phenoxy) is 2. The van der Waals surface area contributed by atoms with Crippen LogP contribution in [0.15, 0.2) is 48.5 Å². The van der Waals surface area contributed by atoms with Crippen LogP contribution in [0.1, 0.15) is 25.7 Å². The van der Waals surface area contributed by atoms with E-state index >= 15 is 0 Å². The maximum atomic E-state index is 11.2. The lowest BCUT2D eigenvalue weighted by Crippen LogP contribution is -2.55. The first-order valence-corrected chi connectivity index (χ1v) is 11.7. The molecule has 6 nitrogen and oxygen atoms in total. The fourth-order valence-corrected chi connectivity index (χ4v) is 4.77. The van der Waals surface area contributed by atoms with Crippen molar-refractivity contribution >= 4 is 17.3 Å². The molecule has 0 spiro atoms. The lowest BCUT2D eigenvalue weighted by Gasteiger charge is -2.44. The lowest BCUT2D eigenvalue weighted by atomic mass is 9.87. The number of rotatable bonds is 7. The fourth-order valence-electron chi connectivity index (χ4n) is 4.59. The topological polar surface area (TPSA) is 65.4 Å². The van der Waals surface area contributed by atoms with E-state index in [1.807, 2.05) is 24.3 Å². The summed E-state index contributed by atoms with van der Waals surface area (Å²) in [4.78, 5) is 4.59. The van der Waals surface area contributed by atoms with Crippen LogP contribution >= 0.6 is 11.6 Å². The van der Waals surface area contributed by atoms with Gasteiger partial charge in [-0.05, 0) is 68.1 Å². The zero-order chi connectivity index (χ0) is 22.6. The molecule has 0 unspecified atom stereocenters. The Balaban J connectivity index is 1.23. The first-order chi connectivity index (χ1) is 15.4. The van der Waals surface area contributed by atoms with Crippen molar-refractivity contribution in [3.63, 3.8) is 0 Å². The molecule has 2 heterocycles. The van der Waals surface area contributed by atoms with Crippen molar-refractivity contribution in [3.05, 3.63) is 53.6 Å². The van der Waals surface area contributed by atoms with Crippen LogP contribution in [0, 0.1) is 0 Å². The van der Waals surface area contributed by atoms with Gasteiger partial charge in [0.05, 0.1) is 12.7 Å². The zero-order valence-electron chi connectivity index (χ0n) is 18.7. The molecule has 2 saturated heterocycles. The Morgan fingerprint density at radius 2 is 1.53 bits per heavy atom. The Labute approximate surface area is 195 Å². The van der Waals surface area contributed by atoms with Gasteiger partial charge in [0.2, 0.25) is 0 Å². The van der Waals surface area contributed by atoms with Crippen LogP contribution in [-0.2, 0) is 0 Å². The van der Waals surface area contributed by atoms with Crippen molar-refractivity contribution in [2.75, 3.05) is 51.3 Å². The summed E-state index contributed by atoms with van der Waals surface area (Å²) in [6.45, 7) is 4.05. The summed E-state index contributed by atoms with van der Waals surface area (Å²) in [6.07, 6.45) is 2.72. The van der Waals surface area contributed by atoms with Crippen LogP contribution in [0.4, 0.5) is 5.69 Å². The highest BCUT2D eigenvalue weighted by Crippen LogP contribution is 2.31. The summed E-state index contributed by atoms with van der Waals surface area (Å²) in [6, 6.07) is 15.3. The number of piperidine rings is 2. The van der Waals surface area contributed by atoms with Gasteiger partial charge in [-0.3, -0.25) is 0 Å². The Hall–Kier alpha value is -1.99. The molecular weight excluding hydrogens is 428 g/mol. The van der Waals surface area contributed by atoms with Gasteiger partial charge in [-0.25, -0.2) is 0 Å². The lowest BCUT2D eigenvalue weighted by molar-refractivity contribution is -0.0747. The molecule has 2 aromatic carbocycles. The molecule has 0 radical (unpaired) electrons. The average molecular weight is 461 g/mol. The molecule has 0 bridgehead atoms. The highest BCUT2D eigenvalue weighted by molar-refractivity contribution is 6.30. The molecule has 0 amide bonds. The number of likely N-dealkylation sites (tertiary alicyclic amines) is 1. The van der Waals surface area contributed by atoms with Crippen molar-refractivity contribution in [2.24, 2.45) is 0 Å². The van der Waals surface area contributed by atoms with Crippen LogP contribution in [-0.4, -0.2) is 72.8 Å². The summed E-state index contributed by atoms with van der Waals surface area (Å²) in [5.41, 5.74) is -0.370. The zero-order valence-corrected chi connectivity index (χ0v) is 19.4. The van der Waals surface area contributed by atoms with Crippen molar-refractivity contribution in [1.29, 1.82) is 0 Å². The third kappa shape index (κ3) is 5.87. The quantitative estimate of drug-likeness (QED) is 0.658. The molecule has 0 aliphatic carbocycles. The fraction of sp³-hybridized carbons (Fsp3) is 0.520. The molecule has 174 valence electrons. The van der Waals surface area contributed by atoms with E-state index in [9.17, 15) is 10.2 Å². The van der Waals surface area contributed by atoms with E-state index < -0.39 is 11.2 Å². The number of β-amino-alcohol motifs (C(OH)–C–C–N with tert-alkyl or cyclic N) is 1. The third-order valence-electron chi connectivity index (χ3n) is 6.74. The van der Waals surface area contributed by atoms with Crippen molar-refractivity contribution in [1.82, 2.24) is 4.90 Å². The Kier molecular flexibility index (Phi) is 7.15. The minimum Gasteiger partial charge on any atom is -0.497 e. The highest BCUT2D eigenvalue weighted by Gasteiger charge is 2.38. The summed E-state index contributed by atoms with van der Waals surface area (Å²) in [5, 5.41) is 22.7. The van der Waals surface area contributed by atoms with Gasteiger partial charge in [-0.15, -0.1) is 0 Å². The summed E-state index contributed by atoms with van der Waals surface area (Å²) < 4.78 is 11.0. The molecular formula is C25H33ClN2O4. The maximum absolute atomic E-state index is 11.2. The standard InChI is InChI=1S/C25H33ClN2O4/c1-31-22-7-5-21(6-8-22)28-15-11-24(29,12-16-28)18-27-13-9-25(30,10-14-27)19-32-23-4-2-3-20(26)17-23/h2-8,17,29-30H,9-16,18-19H2,1H3. The van der Waals surface area contributed by atoms with Crippen LogP contribution in [0.3, 0.4) is 0 Å². The molecule has 0 saturated carbocycles. The summed E-state index contributed by atoms with van der Waals surface area (Å²) in [5.74, 6) is 1.52. The molecule has 2 aliphatic heterocycles. The predicted molar refractivity (Wildman–Crippen MR) is 127 cm³/mol. The summed E-state index contributed by atoms with van der Waals surface area (Å²) in [7, 11) is 1.67. The Bertz CT molecular complexity index is 876. The smallest absolute Gasteiger partial charge is 0.120 e. The van der Waals surface area contributed by atoms with Gasteiger partial charge in [0, 0.05) is 43.4 Å². The minimum absolute atomic E-state index is 0.252. The van der Waals surface area contributed by atoms with Gasteiger partial charge in [0.1, 0.15) is 23.7 Å². The van der Waals surface area contributed by atoms with Crippen LogP contribution < -0.4 is 14.4 Å². The normalized spacial score (nSPS) is 20.7.